The van der Waals surface area contributed by atoms with Gasteiger partial charge < -0.3 is 0 Å². The van der Waals surface area contributed by atoms with Gasteiger partial charge in [0, 0.05) is 0 Å². The predicted octanol–water partition coefficient (Wildman–Crippen LogP) is 1.82. The summed E-state index contributed by atoms with van der Waals surface area (Å²) in [6.07, 6.45) is 2.07. The molecule has 10 heavy (non-hydrogen) atoms. The Morgan fingerprint density at radius 1 is 1.70 bits per heavy atom. The van der Waals surface area contributed by atoms with E-state index in [0.717, 1.165) is 0 Å². The molecular weight excluding hydrogens is 212 g/mol. The molecule has 0 amide bonds. The lowest BCUT2D eigenvalue weighted by atomic mass is 10.5. The molecule has 2 aromatic heterocycles. The van der Waals surface area contributed by atoms with E-state index in [1.807, 2.05) is 11.7 Å². The van der Waals surface area contributed by atoms with Gasteiger partial charge in [-0.1, -0.05) is 0 Å². The zero-order chi connectivity index (χ0) is 7.14. The zero-order valence-corrected chi connectivity index (χ0v) is 7.79. The third-order valence-corrected chi connectivity index (χ3v) is 2.90. The van der Waals surface area contributed by atoms with Crippen molar-refractivity contribution < 1.29 is 4.68 Å². The van der Waals surface area contributed by atoms with Crippen LogP contribution in [0.4, 0.5) is 0 Å². The van der Waals surface area contributed by atoms with Gasteiger partial charge >= 0.3 is 0 Å². The zero-order valence-electron chi connectivity index (χ0n) is 5.39. The Labute approximate surface area is 70.6 Å². The number of aromatic nitrogens is 2. The maximum absolute atomic E-state index is 3.42. The van der Waals surface area contributed by atoms with Crippen molar-refractivity contribution in [3.05, 3.63) is 16.0 Å². The van der Waals surface area contributed by atoms with Crippen LogP contribution in [0.15, 0.2) is 16.0 Å². The number of thiophene rings is 1. The Kier molecular flexibility index (Phi) is 1.32. The van der Waals surface area contributed by atoms with E-state index in [2.05, 4.69) is 33.3 Å². The van der Waals surface area contributed by atoms with E-state index < -0.39 is 0 Å². The summed E-state index contributed by atoms with van der Waals surface area (Å²) < 4.78 is 3.13. The number of aryl methyl sites for hydroxylation is 1. The molecule has 0 aliphatic rings. The molecule has 0 unspecified atom stereocenters. The molecule has 4 heteroatoms. The topological polar surface area (TPSA) is 19.7 Å². The highest BCUT2D eigenvalue weighted by Gasteiger charge is 2.05. The number of hydrogen-bond acceptors (Lipinski definition) is 1. The van der Waals surface area contributed by atoms with Gasteiger partial charge in [0.2, 0.25) is 6.20 Å². The minimum absolute atomic E-state index is 1.18. The molecule has 0 atom stereocenters. The molecule has 0 aromatic carbocycles. The lowest BCUT2D eigenvalue weighted by Crippen LogP contribution is -2.27. The summed E-state index contributed by atoms with van der Waals surface area (Å²) in [6.45, 7) is 0. The van der Waals surface area contributed by atoms with Crippen LogP contribution >= 0.6 is 27.3 Å². The Balaban J connectivity index is 2.83. The number of halogens is 1. The van der Waals surface area contributed by atoms with Crippen molar-refractivity contribution in [2.24, 2.45) is 7.05 Å². The van der Waals surface area contributed by atoms with Crippen LogP contribution in [-0.2, 0) is 7.05 Å². The minimum atomic E-state index is 1.18. The summed E-state index contributed by atoms with van der Waals surface area (Å²) in [7, 11) is 1.99. The second-order valence-electron chi connectivity index (χ2n) is 2.19. The number of H-pyrrole nitrogens is 1. The maximum Gasteiger partial charge on any atom is 0.203 e. The molecule has 0 radical (unpaired) electrons. The van der Waals surface area contributed by atoms with E-state index in [0.29, 0.717) is 0 Å². The first-order valence-electron chi connectivity index (χ1n) is 2.89. The summed E-state index contributed by atoms with van der Waals surface area (Å²) in [5.41, 5.74) is 0. The number of rotatable bonds is 0. The minimum Gasteiger partial charge on any atom is -0.155 e. The molecular formula is C6H6BrN2S+. The smallest absolute Gasteiger partial charge is 0.155 e. The first kappa shape index (κ1) is 6.37. The molecule has 2 heterocycles. The van der Waals surface area contributed by atoms with Gasteiger partial charge in [0.05, 0.1) is 9.17 Å². The van der Waals surface area contributed by atoms with Gasteiger partial charge in [0.1, 0.15) is 0 Å². The van der Waals surface area contributed by atoms with Gasteiger partial charge in [-0.3, -0.25) is 0 Å². The van der Waals surface area contributed by atoms with E-state index >= 15 is 0 Å². The quantitative estimate of drug-likeness (QED) is 0.650. The van der Waals surface area contributed by atoms with Crippen LogP contribution in [0, 0.1) is 0 Å². The molecule has 52 valence electrons. The van der Waals surface area contributed by atoms with Crippen LogP contribution < -0.4 is 4.68 Å². The molecule has 0 saturated carbocycles. The molecule has 0 aliphatic carbocycles. The summed E-state index contributed by atoms with van der Waals surface area (Å²) in [6, 6.07) is 2.11. The molecule has 1 N–H and O–H groups in total. The van der Waals surface area contributed by atoms with Crippen molar-refractivity contribution in [3.63, 3.8) is 0 Å². The fourth-order valence-corrected chi connectivity index (χ4v) is 2.49. The van der Waals surface area contributed by atoms with Crippen molar-refractivity contribution in [2.45, 2.75) is 0 Å². The molecule has 2 aromatic rings. The van der Waals surface area contributed by atoms with Crippen molar-refractivity contribution in [2.75, 3.05) is 0 Å². The van der Waals surface area contributed by atoms with Gasteiger partial charge in [-0.05, 0) is 22.0 Å². The standard InChI is InChI=1S/C6H5BrN2S/c1-9-3-4-2-5(7)10-6(4)8-9/h2-3H,1H3/p+1. The molecule has 0 spiro atoms. The Morgan fingerprint density at radius 3 is 3.20 bits per heavy atom. The second-order valence-corrected chi connectivity index (χ2v) is 4.62. The van der Waals surface area contributed by atoms with E-state index in [4.69, 9.17) is 0 Å². The fourth-order valence-electron chi connectivity index (χ4n) is 0.958. The maximum atomic E-state index is 3.42. The fraction of sp³-hybridized carbons (Fsp3) is 0.167. The Bertz CT molecular complexity index is 300. The van der Waals surface area contributed by atoms with Crippen molar-refractivity contribution >= 4 is 37.5 Å². The van der Waals surface area contributed by atoms with Gasteiger partial charge in [-0.2, -0.15) is 5.10 Å². The normalized spacial score (nSPS) is 11.0. The van der Waals surface area contributed by atoms with Gasteiger partial charge in [-0.15, -0.1) is 16.0 Å². The predicted molar refractivity (Wildman–Crippen MR) is 45.1 cm³/mol. The molecule has 0 aliphatic heterocycles. The Morgan fingerprint density at radius 2 is 2.50 bits per heavy atom. The van der Waals surface area contributed by atoms with E-state index in [1.54, 1.807) is 11.3 Å². The average Bonchev–Trinajstić information content (AvgIpc) is 2.21. The van der Waals surface area contributed by atoms with E-state index in [9.17, 15) is 0 Å². The van der Waals surface area contributed by atoms with E-state index in [-0.39, 0.29) is 0 Å². The molecule has 2 rings (SSSR count). The Hall–Kier alpha value is -0.350. The van der Waals surface area contributed by atoms with Crippen LogP contribution in [0.3, 0.4) is 0 Å². The average molecular weight is 218 g/mol. The molecule has 0 bridgehead atoms. The van der Waals surface area contributed by atoms with Crippen molar-refractivity contribution in [1.29, 1.82) is 0 Å². The second kappa shape index (κ2) is 2.07. The lowest BCUT2D eigenvalue weighted by Gasteiger charge is -1.72. The van der Waals surface area contributed by atoms with Crippen LogP contribution in [0.25, 0.3) is 10.2 Å². The number of nitrogens with one attached hydrogen (secondary N) is 1. The molecule has 2 nitrogen and oxygen atoms in total. The number of hydrogen-bond donors (Lipinski definition) is 1. The summed E-state index contributed by atoms with van der Waals surface area (Å²) in [4.78, 5) is 1.22. The van der Waals surface area contributed by atoms with Gasteiger partial charge in [0.15, 0.2) is 11.9 Å². The monoisotopic (exact) mass is 217 g/mol. The molecule has 0 saturated heterocycles. The number of nitrogens with zero attached hydrogens (tertiary/aromatic N) is 1. The van der Waals surface area contributed by atoms with Crippen LogP contribution in [-0.4, -0.2) is 5.10 Å². The van der Waals surface area contributed by atoms with Gasteiger partial charge in [0.25, 0.3) is 0 Å². The summed E-state index contributed by atoms with van der Waals surface area (Å²) >= 11 is 5.13. The first-order valence-corrected chi connectivity index (χ1v) is 4.50. The summed E-state index contributed by atoms with van der Waals surface area (Å²) in [5, 5.41) is 4.45. The molecule has 0 fully saturated rings. The highest BCUT2D eigenvalue weighted by molar-refractivity contribution is 9.11. The van der Waals surface area contributed by atoms with Crippen molar-refractivity contribution in [3.8, 4) is 0 Å². The summed E-state index contributed by atoms with van der Waals surface area (Å²) in [5.74, 6) is 0. The van der Waals surface area contributed by atoms with Crippen LogP contribution in [0.5, 0.6) is 0 Å². The third-order valence-electron chi connectivity index (χ3n) is 1.34. The van der Waals surface area contributed by atoms with Gasteiger partial charge in [-0.25, -0.2) is 0 Å². The number of fused-ring (bicyclic) bond motifs is 1. The highest BCUT2D eigenvalue weighted by atomic mass is 79.9. The first-order chi connectivity index (χ1) is 4.75. The van der Waals surface area contributed by atoms with Crippen LogP contribution in [0.2, 0.25) is 0 Å². The lowest BCUT2D eigenvalue weighted by molar-refractivity contribution is -0.724. The van der Waals surface area contributed by atoms with Crippen molar-refractivity contribution in [1.82, 2.24) is 5.10 Å². The van der Waals surface area contributed by atoms with Crippen LogP contribution in [0.1, 0.15) is 0 Å². The third kappa shape index (κ3) is 0.876. The largest absolute Gasteiger partial charge is 0.203 e. The SMILES string of the molecule is C[n+]1cc2cc(Br)sc2[nH]1. The number of aromatic amines is 1. The highest BCUT2D eigenvalue weighted by Crippen LogP contribution is 2.26. The van der Waals surface area contributed by atoms with E-state index in [1.165, 1.54) is 14.0 Å².